The predicted molar refractivity (Wildman–Crippen MR) is 98.6 cm³/mol. The van der Waals surface area contributed by atoms with E-state index in [2.05, 4.69) is 31.1 Å². The summed E-state index contributed by atoms with van der Waals surface area (Å²) in [7, 11) is 3.25. The van der Waals surface area contributed by atoms with Gasteiger partial charge in [0.05, 0.1) is 14.2 Å². The molecule has 0 aliphatic rings. The summed E-state index contributed by atoms with van der Waals surface area (Å²) in [6.45, 7) is 0. The molecule has 1 aromatic heterocycles. The SMILES string of the molecule is COc1cc(Br)c(CSc2n[nH]c(-c3ccccc3)n2)cc1OC. The number of methoxy groups -OCH3 is 2. The number of thioether (sulfide) groups is 1. The van der Waals surface area contributed by atoms with Crippen molar-refractivity contribution in [3.8, 4) is 22.9 Å². The van der Waals surface area contributed by atoms with E-state index in [0.717, 1.165) is 21.4 Å². The van der Waals surface area contributed by atoms with Crippen molar-refractivity contribution in [2.75, 3.05) is 14.2 Å². The van der Waals surface area contributed by atoms with Gasteiger partial charge in [0.2, 0.25) is 5.16 Å². The number of H-pyrrole nitrogens is 1. The molecule has 1 N–H and O–H groups in total. The molecular weight excluding hydrogens is 390 g/mol. The zero-order valence-electron chi connectivity index (χ0n) is 13.2. The monoisotopic (exact) mass is 405 g/mol. The lowest BCUT2D eigenvalue weighted by molar-refractivity contribution is 0.354. The molecule has 0 aliphatic heterocycles. The second-order valence-electron chi connectivity index (χ2n) is 4.92. The van der Waals surface area contributed by atoms with E-state index in [4.69, 9.17) is 9.47 Å². The van der Waals surface area contributed by atoms with Gasteiger partial charge in [-0.15, -0.1) is 5.10 Å². The molecule has 0 aliphatic carbocycles. The van der Waals surface area contributed by atoms with Gasteiger partial charge < -0.3 is 9.47 Å². The Morgan fingerprint density at radius 3 is 2.50 bits per heavy atom. The molecule has 0 bridgehead atoms. The van der Waals surface area contributed by atoms with Crippen LogP contribution >= 0.6 is 27.7 Å². The molecule has 24 heavy (non-hydrogen) atoms. The Morgan fingerprint density at radius 2 is 1.79 bits per heavy atom. The molecule has 3 rings (SSSR count). The Labute approximate surface area is 152 Å². The average molecular weight is 406 g/mol. The quantitative estimate of drug-likeness (QED) is 0.609. The fraction of sp³-hybridized carbons (Fsp3) is 0.176. The first-order chi connectivity index (χ1) is 11.7. The highest BCUT2D eigenvalue weighted by molar-refractivity contribution is 9.10. The van der Waals surface area contributed by atoms with Gasteiger partial charge in [-0.05, 0) is 17.7 Å². The number of halogens is 1. The van der Waals surface area contributed by atoms with Crippen LogP contribution in [0.1, 0.15) is 5.56 Å². The molecule has 5 nitrogen and oxygen atoms in total. The van der Waals surface area contributed by atoms with Gasteiger partial charge in [0.1, 0.15) is 0 Å². The van der Waals surface area contributed by atoms with Crippen LogP contribution in [0.4, 0.5) is 0 Å². The van der Waals surface area contributed by atoms with Crippen LogP contribution < -0.4 is 9.47 Å². The topological polar surface area (TPSA) is 60.0 Å². The summed E-state index contributed by atoms with van der Waals surface area (Å²) >= 11 is 5.13. The van der Waals surface area contributed by atoms with Gasteiger partial charge in [0.15, 0.2) is 17.3 Å². The molecule has 3 aromatic rings. The number of aromatic nitrogens is 3. The van der Waals surface area contributed by atoms with Crippen molar-refractivity contribution in [1.29, 1.82) is 0 Å². The van der Waals surface area contributed by atoms with E-state index in [9.17, 15) is 0 Å². The van der Waals surface area contributed by atoms with Gasteiger partial charge in [-0.1, -0.05) is 58.0 Å². The van der Waals surface area contributed by atoms with E-state index in [0.29, 0.717) is 22.4 Å². The molecule has 0 saturated carbocycles. The van der Waals surface area contributed by atoms with Gasteiger partial charge in [-0.2, -0.15) is 0 Å². The predicted octanol–water partition coefficient (Wildman–Crippen LogP) is 4.54. The molecule has 2 aromatic carbocycles. The number of hydrogen-bond acceptors (Lipinski definition) is 5. The number of nitrogens with zero attached hydrogens (tertiary/aromatic N) is 2. The second-order valence-corrected chi connectivity index (χ2v) is 6.72. The molecule has 0 unspecified atom stereocenters. The molecule has 0 fully saturated rings. The van der Waals surface area contributed by atoms with Crippen LogP contribution in [0.3, 0.4) is 0 Å². The maximum Gasteiger partial charge on any atom is 0.209 e. The van der Waals surface area contributed by atoms with Crippen molar-refractivity contribution in [2.24, 2.45) is 0 Å². The Morgan fingerprint density at radius 1 is 1.08 bits per heavy atom. The molecule has 0 saturated heterocycles. The Balaban J connectivity index is 1.73. The van der Waals surface area contributed by atoms with Crippen molar-refractivity contribution in [1.82, 2.24) is 15.2 Å². The summed E-state index contributed by atoms with van der Waals surface area (Å²) in [5, 5.41) is 7.95. The molecule has 0 spiro atoms. The van der Waals surface area contributed by atoms with E-state index in [-0.39, 0.29) is 0 Å². The molecule has 0 atom stereocenters. The summed E-state index contributed by atoms with van der Waals surface area (Å²) in [5.41, 5.74) is 2.10. The third-order valence-electron chi connectivity index (χ3n) is 3.42. The molecule has 0 amide bonds. The highest BCUT2D eigenvalue weighted by Crippen LogP contribution is 2.35. The second kappa shape index (κ2) is 7.72. The largest absolute Gasteiger partial charge is 0.493 e. The minimum Gasteiger partial charge on any atom is -0.493 e. The van der Waals surface area contributed by atoms with Gasteiger partial charge in [-0.25, -0.2) is 4.98 Å². The van der Waals surface area contributed by atoms with Crippen molar-refractivity contribution in [3.63, 3.8) is 0 Å². The number of hydrogen-bond donors (Lipinski definition) is 1. The number of ether oxygens (including phenoxy) is 2. The first-order valence-electron chi connectivity index (χ1n) is 7.22. The van der Waals surface area contributed by atoms with Gasteiger partial charge in [-0.3, -0.25) is 5.10 Å². The lowest BCUT2D eigenvalue weighted by atomic mass is 10.2. The van der Waals surface area contributed by atoms with Crippen LogP contribution in [-0.4, -0.2) is 29.4 Å². The van der Waals surface area contributed by atoms with Crippen LogP contribution in [0.5, 0.6) is 11.5 Å². The Bertz CT molecular complexity index is 824. The number of benzene rings is 2. The molecule has 7 heteroatoms. The third kappa shape index (κ3) is 3.73. The summed E-state index contributed by atoms with van der Waals surface area (Å²) in [5.74, 6) is 2.88. The van der Waals surface area contributed by atoms with Crippen LogP contribution in [-0.2, 0) is 5.75 Å². The van der Waals surface area contributed by atoms with Crippen molar-refractivity contribution >= 4 is 27.7 Å². The lowest BCUT2D eigenvalue weighted by Gasteiger charge is -2.11. The third-order valence-corrected chi connectivity index (χ3v) is 5.06. The van der Waals surface area contributed by atoms with Crippen LogP contribution in [0, 0.1) is 0 Å². The maximum absolute atomic E-state index is 5.35. The number of nitrogens with one attached hydrogen (secondary N) is 1. The van der Waals surface area contributed by atoms with Gasteiger partial charge >= 0.3 is 0 Å². The van der Waals surface area contributed by atoms with E-state index < -0.39 is 0 Å². The lowest BCUT2D eigenvalue weighted by Crippen LogP contribution is -1.93. The zero-order valence-corrected chi connectivity index (χ0v) is 15.6. The fourth-order valence-corrected chi connectivity index (χ4v) is 3.62. The van der Waals surface area contributed by atoms with E-state index in [1.54, 1.807) is 26.0 Å². The smallest absolute Gasteiger partial charge is 0.209 e. The van der Waals surface area contributed by atoms with Crippen molar-refractivity contribution < 1.29 is 9.47 Å². The highest BCUT2D eigenvalue weighted by Gasteiger charge is 2.12. The fourth-order valence-electron chi connectivity index (χ4n) is 2.19. The van der Waals surface area contributed by atoms with E-state index in [1.165, 1.54) is 0 Å². The Hall–Kier alpha value is -1.99. The minimum absolute atomic E-state index is 0.697. The Kier molecular flexibility index (Phi) is 5.42. The summed E-state index contributed by atoms with van der Waals surface area (Å²) in [4.78, 5) is 4.53. The average Bonchev–Trinajstić information content (AvgIpc) is 3.10. The number of rotatable bonds is 6. The van der Waals surface area contributed by atoms with E-state index >= 15 is 0 Å². The summed E-state index contributed by atoms with van der Waals surface area (Å²) in [6.07, 6.45) is 0. The molecule has 124 valence electrons. The van der Waals surface area contributed by atoms with Crippen molar-refractivity contribution in [2.45, 2.75) is 10.9 Å². The van der Waals surface area contributed by atoms with Gasteiger partial charge in [0.25, 0.3) is 0 Å². The first kappa shape index (κ1) is 16.9. The zero-order chi connectivity index (χ0) is 16.9. The number of aromatic amines is 1. The summed E-state index contributed by atoms with van der Waals surface area (Å²) in [6, 6.07) is 13.8. The first-order valence-corrected chi connectivity index (χ1v) is 9.00. The van der Waals surface area contributed by atoms with Crippen LogP contribution in [0.2, 0.25) is 0 Å². The van der Waals surface area contributed by atoms with Crippen LogP contribution in [0.25, 0.3) is 11.4 Å². The normalized spacial score (nSPS) is 10.6. The van der Waals surface area contributed by atoms with E-state index in [1.807, 2.05) is 42.5 Å². The molecule has 1 heterocycles. The van der Waals surface area contributed by atoms with Gasteiger partial charge in [0, 0.05) is 15.8 Å². The maximum atomic E-state index is 5.35. The molecule has 0 radical (unpaired) electrons. The summed E-state index contributed by atoms with van der Waals surface area (Å²) < 4.78 is 11.6. The van der Waals surface area contributed by atoms with Crippen LogP contribution in [0.15, 0.2) is 52.1 Å². The minimum atomic E-state index is 0.697. The standard InChI is InChI=1S/C17H16BrN3O2S/c1-22-14-8-12(13(18)9-15(14)23-2)10-24-17-19-16(20-21-17)11-6-4-3-5-7-11/h3-9H,10H2,1-2H3,(H,19,20,21). The highest BCUT2D eigenvalue weighted by atomic mass is 79.9. The molecular formula is C17H16BrN3O2S. The van der Waals surface area contributed by atoms with Crippen molar-refractivity contribution in [3.05, 3.63) is 52.5 Å².